The number of methoxy groups -OCH3 is 6. The van der Waals surface area contributed by atoms with Gasteiger partial charge in [-0.25, -0.2) is 0 Å². The van der Waals surface area contributed by atoms with Gasteiger partial charge in [0.15, 0.2) is 23.0 Å². The second-order valence-electron chi connectivity index (χ2n) is 7.61. The Hall–Kier alpha value is -2.80. The number of hydrogen-bond acceptors (Lipinski definition) is 7. The van der Waals surface area contributed by atoms with Gasteiger partial charge in [-0.1, -0.05) is 13.8 Å². The van der Waals surface area contributed by atoms with Crippen molar-refractivity contribution in [1.29, 1.82) is 0 Å². The Morgan fingerprint density at radius 3 is 1.03 bits per heavy atom. The molecule has 1 fully saturated rings. The van der Waals surface area contributed by atoms with E-state index in [1.165, 1.54) is 0 Å². The molecule has 1 saturated heterocycles. The fourth-order valence-corrected chi connectivity index (χ4v) is 4.25. The number of ether oxygens (including phenoxy) is 7. The van der Waals surface area contributed by atoms with Crippen LogP contribution < -0.4 is 28.4 Å². The van der Waals surface area contributed by atoms with E-state index in [-0.39, 0.29) is 24.0 Å². The summed E-state index contributed by atoms with van der Waals surface area (Å²) in [6.07, 6.45) is -0.291. The predicted molar refractivity (Wildman–Crippen MR) is 117 cm³/mol. The van der Waals surface area contributed by atoms with Gasteiger partial charge < -0.3 is 33.2 Å². The highest BCUT2D eigenvalue weighted by molar-refractivity contribution is 5.56. The molecular weight excluding hydrogens is 400 g/mol. The van der Waals surface area contributed by atoms with Gasteiger partial charge in [-0.15, -0.1) is 0 Å². The Morgan fingerprint density at radius 1 is 0.516 bits per heavy atom. The molecule has 170 valence electrons. The molecule has 1 heterocycles. The fraction of sp³-hybridized carbons (Fsp3) is 0.500. The zero-order chi connectivity index (χ0) is 22.7. The molecule has 2 aromatic carbocycles. The minimum atomic E-state index is -0.146. The monoisotopic (exact) mass is 432 g/mol. The van der Waals surface area contributed by atoms with Crippen LogP contribution >= 0.6 is 0 Å². The van der Waals surface area contributed by atoms with Gasteiger partial charge in [0, 0.05) is 0 Å². The smallest absolute Gasteiger partial charge is 0.203 e. The Balaban J connectivity index is 2.01. The molecule has 4 atom stereocenters. The standard InChI is InChI=1S/C24H32O7/c1-13-14(2)22(16-11-19(27-5)24(30-8)20(12-16)28-6)31-21(13)15-9-17(25-3)23(29-7)18(10-15)26-4/h9-14,21-22H,1-8H3/t13-,14?,21-,22+/m1/s1. The van der Waals surface area contributed by atoms with E-state index >= 15 is 0 Å². The van der Waals surface area contributed by atoms with Gasteiger partial charge in [0.05, 0.1) is 54.9 Å². The lowest BCUT2D eigenvalue weighted by Gasteiger charge is -2.20. The maximum Gasteiger partial charge on any atom is 0.203 e. The normalized spacial score (nSPS) is 22.7. The van der Waals surface area contributed by atoms with Crippen molar-refractivity contribution in [1.82, 2.24) is 0 Å². The maximum atomic E-state index is 6.60. The maximum absolute atomic E-state index is 6.60. The van der Waals surface area contributed by atoms with Gasteiger partial charge in [-0.2, -0.15) is 0 Å². The molecule has 0 spiro atoms. The molecule has 1 unspecified atom stereocenters. The van der Waals surface area contributed by atoms with E-state index in [1.807, 2.05) is 24.3 Å². The van der Waals surface area contributed by atoms with E-state index < -0.39 is 0 Å². The van der Waals surface area contributed by atoms with Crippen LogP contribution in [0, 0.1) is 11.8 Å². The van der Waals surface area contributed by atoms with Crippen LogP contribution in [0.3, 0.4) is 0 Å². The number of benzene rings is 2. The summed E-state index contributed by atoms with van der Waals surface area (Å²) < 4.78 is 39.6. The van der Waals surface area contributed by atoms with E-state index in [2.05, 4.69) is 13.8 Å². The van der Waals surface area contributed by atoms with Crippen molar-refractivity contribution in [2.75, 3.05) is 42.7 Å². The summed E-state index contributed by atoms with van der Waals surface area (Å²) in [6, 6.07) is 7.80. The lowest BCUT2D eigenvalue weighted by atomic mass is 9.85. The summed E-state index contributed by atoms with van der Waals surface area (Å²) in [6.45, 7) is 4.38. The average molecular weight is 433 g/mol. The van der Waals surface area contributed by atoms with Crippen molar-refractivity contribution < 1.29 is 33.2 Å². The second-order valence-corrected chi connectivity index (χ2v) is 7.61. The minimum absolute atomic E-state index is 0.146. The first-order valence-electron chi connectivity index (χ1n) is 10.2. The van der Waals surface area contributed by atoms with Crippen LogP contribution in [0.4, 0.5) is 0 Å². The molecule has 0 aliphatic carbocycles. The molecule has 0 bridgehead atoms. The first-order valence-corrected chi connectivity index (χ1v) is 10.2. The first-order chi connectivity index (χ1) is 14.9. The van der Waals surface area contributed by atoms with Gasteiger partial charge >= 0.3 is 0 Å². The van der Waals surface area contributed by atoms with Crippen molar-refractivity contribution in [3.8, 4) is 34.5 Å². The highest BCUT2D eigenvalue weighted by Gasteiger charge is 2.41. The van der Waals surface area contributed by atoms with E-state index in [1.54, 1.807) is 42.7 Å². The van der Waals surface area contributed by atoms with Gasteiger partial charge in [-0.05, 0) is 47.2 Å². The highest BCUT2D eigenvalue weighted by atomic mass is 16.5. The summed E-state index contributed by atoms with van der Waals surface area (Å²) in [5.74, 6) is 4.04. The fourth-order valence-electron chi connectivity index (χ4n) is 4.25. The SMILES string of the molecule is COc1cc([C@H]2O[C@@H](c3cc(OC)c(OC)c(OC)c3)[C@H](C)C2C)cc(OC)c1OC. The molecule has 31 heavy (non-hydrogen) atoms. The first kappa shape index (κ1) is 22.9. The number of rotatable bonds is 8. The van der Waals surface area contributed by atoms with Gasteiger partial charge in [0.2, 0.25) is 11.5 Å². The minimum Gasteiger partial charge on any atom is -0.493 e. The molecule has 3 rings (SSSR count). The zero-order valence-corrected chi connectivity index (χ0v) is 19.5. The van der Waals surface area contributed by atoms with Crippen molar-refractivity contribution in [2.24, 2.45) is 11.8 Å². The van der Waals surface area contributed by atoms with Crippen LogP contribution in [0.2, 0.25) is 0 Å². The third kappa shape index (κ3) is 4.06. The lowest BCUT2D eigenvalue weighted by Crippen LogP contribution is -2.10. The lowest BCUT2D eigenvalue weighted by molar-refractivity contribution is 0.0285. The molecule has 1 aliphatic heterocycles. The molecule has 0 aromatic heterocycles. The molecule has 0 radical (unpaired) electrons. The highest BCUT2D eigenvalue weighted by Crippen LogP contribution is 2.53. The van der Waals surface area contributed by atoms with Crippen LogP contribution in [0.25, 0.3) is 0 Å². The Kier molecular flexibility index (Phi) is 7.05. The van der Waals surface area contributed by atoms with E-state index in [4.69, 9.17) is 33.2 Å². The Morgan fingerprint density at radius 2 is 0.806 bits per heavy atom. The van der Waals surface area contributed by atoms with Crippen LogP contribution in [0.5, 0.6) is 34.5 Å². The van der Waals surface area contributed by atoms with Crippen molar-refractivity contribution >= 4 is 0 Å². The topological polar surface area (TPSA) is 64.6 Å². The summed E-state index contributed by atoms with van der Waals surface area (Å²) in [5.41, 5.74) is 1.95. The van der Waals surface area contributed by atoms with Gasteiger partial charge in [0.25, 0.3) is 0 Å². The molecule has 2 aromatic rings. The predicted octanol–water partition coefficient (Wildman–Crippen LogP) is 4.82. The van der Waals surface area contributed by atoms with E-state index in [0.29, 0.717) is 34.5 Å². The van der Waals surface area contributed by atoms with E-state index in [0.717, 1.165) is 11.1 Å². The molecule has 7 nitrogen and oxygen atoms in total. The second kappa shape index (κ2) is 9.56. The van der Waals surface area contributed by atoms with Crippen molar-refractivity contribution in [3.05, 3.63) is 35.4 Å². The Labute approximate surface area is 184 Å². The van der Waals surface area contributed by atoms with Gasteiger partial charge in [0.1, 0.15) is 0 Å². The summed E-state index contributed by atoms with van der Waals surface area (Å²) in [4.78, 5) is 0. The van der Waals surface area contributed by atoms with Crippen LogP contribution in [0.1, 0.15) is 37.2 Å². The molecular formula is C24H32O7. The molecule has 0 N–H and O–H groups in total. The van der Waals surface area contributed by atoms with Crippen LogP contribution in [-0.2, 0) is 4.74 Å². The van der Waals surface area contributed by atoms with Crippen LogP contribution in [-0.4, -0.2) is 42.7 Å². The summed E-state index contributed by atoms with van der Waals surface area (Å²) in [5, 5.41) is 0. The third-order valence-corrected chi connectivity index (χ3v) is 6.11. The molecule has 0 saturated carbocycles. The average Bonchev–Trinajstić information content (AvgIpc) is 3.11. The zero-order valence-electron chi connectivity index (χ0n) is 19.5. The van der Waals surface area contributed by atoms with Crippen LogP contribution in [0.15, 0.2) is 24.3 Å². The van der Waals surface area contributed by atoms with Crippen molar-refractivity contribution in [3.63, 3.8) is 0 Å². The number of hydrogen-bond donors (Lipinski definition) is 0. The van der Waals surface area contributed by atoms with E-state index in [9.17, 15) is 0 Å². The Bertz CT molecular complexity index is 787. The summed E-state index contributed by atoms with van der Waals surface area (Å²) >= 11 is 0. The van der Waals surface area contributed by atoms with Crippen molar-refractivity contribution in [2.45, 2.75) is 26.1 Å². The quantitative estimate of drug-likeness (QED) is 0.592. The molecule has 7 heteroatoms. The van der Waals surface area contributed by atoms with Gasteiger partial charge in [-0.3, -0.25) is 0 Å². The summed E-state index contributed by atoms with van der Waals surface area (Å²) in [7, 11) is 9.64. The third-order valence-electron chi connectivity index (χ3n) is 6.11. The largest absolute Gasteiger partial charge is 0.493 e. The molecule has 1 aliphatic rings. The molecule has 0 amide bonds.